The van der Waals surface area contributed by atoms with Crippen molar-refractivity contribution in [2.24, 2.45) is 0 Å². The number of halogens is 1. The number of methoxy groups -OCH3 is 1. The summed E-state index contributed by atoms with van der Waals surface area (Å²) in [4.78, 5) is 10.6. The summed E-state index contributed by atoms with van der Waals surface area (Å²) in [5.74, 6) is 0.361. The molecule has 1 N–H and O–H groups in total. The van der Waals surface area contributed by atoms with Crippen LogP contribution in [0.4, 0.5) is 0 Å². The van der Waals surface area contributed by atoms with Gasteiger partial charge >= 0.3 is 5.97 Å². The van der Waals surface area contributed by atoms with Gasteiger partial charge in [0.15, 0.2) is 11.5 Å². The Kier molecular flexibility index (Phi) is 4.85. The highest BCUT2D eigenvalue weighted by Gasteiger charge is 2.11. The van der Waals surface area contributed by atoms with Gasteiger partial charge in [-0.2, -0.15) is 0 Å². The second kappa shape index (κ2) is 6.81. The van der Waals surface area contributed by atoms with Crippen molar-refractivity contribution >= 4 is 23.6 Å². The van der Waals surface area contributed by atoms with Gasteiger partial charge in [-0.1, -0.05) is 35.9 Å². The van der Waals surface area contributed by atoms with Crippen molar-refractivity contribution < 1.29 is 19.4 Å². The lowest BCUT2D eigenvalue weighted by Gasteiger charge is -2.13. The summed E-state index contributed by atoms with van der Waals surface area (Å²) in [7, 11) is 1.49. The lowest BCUT2D eigenvalue weighted by atomic mass is 10.1. The molecule has 0 unspecified atom stereocenters. The first-order valence-corrected chi connectivity index (χ1v) is 6.50. The van der Waals surface area contributed by atoms with Gasteiger partial charge in [0.2, 0.25) is 0 Å². The summed E-state index contributed by atoms with van der Waals surface area (Å²) < 4.78 is 11.0. The minimum absolute atomic E-state index is 0.440. The second-order valence-electron chi connectivity index (χ2n) is 4.08. The smallest absolute Gasteiger partial charge is 0.328 e. The highest BCUT2D eigenvalue weighted by atomic mass is 35.5. The van der Waals surface area contributed by atoms with Crippen LogP contribution in [-0.4, -0.2) is 18.2 Å². The van der Waals surface area contributed by atoms with Crippen molar-refractivity contribution in [2.75, 3.05) is 7.11 Å². The molecule has 0 atom stereocenters. The summed E-state index contributed by atoms with van der Waals surface area (Å²) in [5, 5.41) is 9.18. The van der Waals surface area contributed by atoms with E-state index < -0.39 is 5.97 Å². The Bertz CT molecular complexity index is 680. The molecule has 2 aromatic carbocycles. The maximum Gasteiger partial charge on any atom is 0.328 e. The van der Waals surface area contributed by atoms with Crippen molar-refractivity contribution in [3.63, 3.8) is 0 Å². The fourth-order valence-electron chi connectivity index (χ4n) is 1.77. The monoisotopic (exact) mass is 304 g/mol. The molecule has 0 saturated carbocycles. The third-order valence-corrected chi connectivity index (χ3v) is 2.99. The third-order valence-electron chi connectivity index (χ3n) is 2.68. The highest BCUT2D eigenvalue weighted by Crippen LogP contribution is 2.37. The summed E-state index contributed by atoms with van der Waals surface area (Å²) in [6, 6.07) is 12.3. The number of benzene rings is 2. The minimum atomic E-state index is -1.03. The normalized spacial score (nSPS) is 10.6. The molecule has 0 aliphatic rings. The van der Waals surface area contributed by atoms with E-state index in [4.69, 9.17) is 26.2 Å². The van der Waals surface area contributed by atoms with Crippen LogP contribution >= 0.6 is 11.6 Å². The molecule has 0 saturated heterocycles. The molecule has 0 bridgehead atoms. The Balaban J connectivity index is 2.38. The van der Waals surface area contributed by atoms with Crippen LogP contribution in [-0.2, 0) is 4.79 Å². The van der Waals surface area contributed by atoms with Crippen LogP contribution in [0.15, 0.2) is 48.5 Å². The number of para-hydroxylation sites is 2. The molecule has 0 fully saturated rings. The predicted octanol–water partition coefficient (Wildman–Crippen LogP) is 4.24. The number of hydrogen-bond donors (Lipinski definition) is 1. The maximum atomic E-state index is 10.6. The summed E-state index contributed by atoms with van der Waals surface area (Å²) in [6.45, 7) is 0. The van der Waals surface area contributed by atoms with Crippen LogP contribution in [0.3, 0.4) is 0 Å². The maximum absolute atomic E-state index is 10.6. The van der Waals surface area contributed by atoms with Crippen molar-refractivity contribution in [2.45, 2.75) is 0 Å². The standard InChI is InChI=1S/C16H13ClO4/c1-20-16-11(9-10-15(18)19)5-4-8-14(16)21-13-7-3-2-6-12(13)17/h2-10H,1H3,(H,18,19)/b10-9+. The predicted molar refractivity (Wildman–Crippen MR) is 81.2 cm³/mol. The number of carbonyl (C=O) groups is 1. The fourth-order valence-corrected chi connectivity index (χ4v) is 1.94. The molecule has 0 heterocycles. The molecule has 2 rings (SSSR count). The first-order chi connectivity index (χ1) is 10.1. The van der Waals surface area contributed by atoms with Gasteiger partial charge in [0.05, 0.1) is 12.1 Å². The lowest BCUT2D eigenvalue weighted by molar-refractivity contribution is -0.131. The van der Waals surface area contributed by atoms with Gasteiger partial charge in [-0.25, -0.2) is 4.79 Å². The first kappa shape index (κ1) is 14.9. The first-order valence-electron chi connectivity index (χ1n) is 6.12. The fraction of sp³-hybridized carbons (Fsp3) is 0.0625. The zero-order chi connectivity index (χ0) is 15.2. The minimum Gasteiger partial charge on any atom is -0.492 e. The Morgan fingerprint density at radius 2 is 1.86 bits per heavy atom. The van der Waals surface area contributed by atoms with E-state index in [-0.39, 0.29) is 0 Å². The van der Waals surface area contributed by atoms with E-state index >= 15 is 0 Å². The van der Waals surface area contributed by atoms with Gasteiger partial charge in [0.1, 0.15) is 5.75 Å². The quantitative estimate of drug-likeness (QED) is 0.839. The van der Waals surface area contributed by atoms with Crippen LogP contribution in [0.25, 0.3) is 6.08 Å². The molecule has 21 heavy (non-hydrogen) atoms. The highest BCUT2D eigenvalue weighted by molar-refractivity contribution is 6.32. The molecule has 0 radical (unpaired) electrons. The second-order valence-corrected chi connectivity index (χ2v) is 4.49. The number of ether oxygens (including phenoxy) is 2. The van der Waals surface area contributed by atoms with Gasteiger partial charge < -0.3 is 14.6 Å². The Morgan fingerprint density at radius 3 is 2.52 bits per heavy atom. The number of aliphatic carboxylic acids is 1. The zero-order valence-corrected chi connectivity index (χ0v) is 12.0. The van der Waals surface area contributed by atoms with Gasteiger partial charge in [-0.15, -0.1) is 0 Å². The summed E-state index contributed by atoms with van der Waals surface area (Å²) in [6.07, 6.45) is 2.48. The number of carboxylic acid groups (broad SMARTS) is 1. The average Bonchev–Trinajstić information content (AvgIpc) is 2.47. The average molecular weight is 305 g/mol. The van der Waals surface area contributed by atoms with Crippen molar-refractivity contribution in [3.8, 4) is 17.2 Å². The molecule has 0 amide bonds. The Labute approximate surface area is 127 Å². The van der Waals surface area contributed by atoms with Gasteiger partial charge in [-0.05, 0) is 24.3 Å². The number of carboxylic acids is 1. The van der Waals surface area contributed by atoms with E-state index in [2.05, 4.69) is 0 Å². The van der Waals surface area contributed by atoms with Crippen LogP contribution in [0.2, 0.25) is 5.02 Å². The number of hydrogen-bond acceptors (Lipinski definition) is 3. The van der Waals surface area contributed by atoms with Crippen molar-refractivity contribution in [1.29, 1.82) is 0 Å². The molecule has 0 aliphatic heterocycles. The molecule has 5 heteroatoms. The third kappa shape index (κ3) is 3.77. The molecular formula is C16H13ClO4. The Morgan fingerprint density at radius 1 is 1.14 bits per heavy atom. The van der Waals surface area contributed by atoms with E-state index in [9.17, 15) is 4.79 Å². The molecule has 4 nitrogen and oxygen atoms in total. The van der Waals surface area contributed by atoms with Crippen LogP contribution in [0.5, 0.6) is 17.2 Å². The van der Waals surface area contributed by atoms with Crippen LogP contribution in [0, 0.1) is 0 Å². The lowest BCUT2D eigenvalue weighted by Crippen LogP contribution is -1.94. The molecule has 0 spiro atoms. The zero-order valence-electron chi connectivity index (χ0n) is 11.2. The van der Waals surface area contributed by atoms with E-state index in [0.717, 1.165) is 6.08 Å². The van der Waals surface area contributed by atoms with E-state index in [1.54, 1.807) is 36.4 Å². The molecule has 0 aliphatic carbocycles. The van der Waals surface area contributed by atoms with Crippen molar-refractivity contribution in [1.82, 2.24) is 0 Å². The Hall–Kier alpha value is -2.46. The van der Waals surface area contributed by atoms with Crippen LogP contribution < -0.4 is 9.47 Å². The summed E-state index contributed by atoms with van der Waals surface area (Å²) >= 11 is 6.05. The van der Waals surface area contributed by atoms with E-state index in [1.807, 2.05) is 6.07 Å². The topological polar surface area (TPSA) is 55.8 Å². The molecular weight excluding hydrogens is 292 g/mol. The van der Waals surface area contributed by atoms with E-state index in [1.165, 1.54) is 13.2 Å². The van der Waals surface area contributed by atoms with Crippen molar-refractivity contribution in [3.05, 3.63) is 59.1 Å². The van der Waals surface area contributed by atoms with Gasteiger partial charge in [0.25, 0.3) is 0 Å². The van der Waals surface area contributed by atoms with Gasteiger partial charge in [-0.3, -0.25) is 0 Å². The molecule has 0 aromatic heterocycles. The summed E-state index contributed by atoms with van der Waals surface area (Å²) in [5.41, 5.74) is 0.601. The molecule has 2 aromatic rings. The van der Waals surface area contributed by atoms with Crippen LogP contribution in [0.1, 0.15) is 5.56 Å². The SMILES string of the molecule is COc1c(/C=C/C(=O)O)cccc1Oc1ccccc1Cl. The van der Waals surface area contributed by atoms with Gasteiger partial charge in [0, 0.05) is 11.6 Å². The largest absolute Gasteiger partial charge is 0.492 e. The van der Waals surface area contributed by atoms with E-state index in [0.29, 0.717) is 27.8 Å². The molecule has 108 valence electrons. The number of rotatable bonds is 5.